The molecule has 1 aromatic heterocycles. The number of nitrogens with one attached hydrogen (secondary N) is 1. The Labute approximate surface area is 188 Å². The molecule has 1 aromatic carbocycles. The van der Waals surface area contributed by atoms with Gasteiger partial charge in [-0.15, -0.1) is 11.8 Å². The van der Waals surface area contributed by atoms with Crippen molar-refractivity contribution >= 4 is 29.3 Å². The molecule has 0 spiro atoms. The van der Waals surface area contributed by atoms with Gasteiger partial charge in [-0.3, -0.25) is 9.78 Å². The number of fused-ring (bicyclic) bond motifs is 1. The van der Waals surface area contributed by atoms with Crippen LogP contribution in [0.1, 0.15) is 59.3 Å². The fourth-order valence-electron chi connectivity index (χ4n) is 4.49. The predicted octanol–water partition coefficient (Wildman–Crippen LogP) is 5.12. The molecule has 160 valence electrons. The second kappa shape index (κ2) is 10.2. The largest absolute Gasteiger partial charge is 0.339 e. The molecule has 0 saturated heterocycles. The molecule has 0 atom stereocenters. The molecule has 1 aliphatic carbocycles. The molecule has 1 fully saturated rings. The van der Waals surface area contributed by atoms with Gasteiger partial charge in [0.05, 0.1) is 16.3 Å². The highest BCUT2D eigenvalue weighted by Gasteiger charge is 2.23. The van der Waals surface area contributed by atoms with Crippen molar-refractivity contribution in [3.8, 4) is 0 Å². The molecule has 0 unspecified atom stereocenters. The van der Waals surface area contributed by atoms with Crippen molar-refractivity contribution in [1.29, 1.82) is 0 Å². The molecule has 4 nitrogen and oxygen atoms in total. The molecular formula is C24H30ClN3OS. The lowest BCUT2D eigenvalue weighted by Crippen LogP contribution is -2.38. The van der Waals surface area contributed by atoms with Crippen LogP contribution >= 0.6 is 23.4 Å². The first kappa shape index (κ1) is 21.7. The van der Waals surface area contributed by atoms with Crippen molar-refractivity contribution in [1.82, 2.24) is 15.2 Å². The van der Waals surface area contributed by atoms with Crippen LogP contribution in [0.3, 0.4) is 0 Å². The number of thioether (sulfide) groups is 1. The van der Waals surface area contributed by atoms with E-state index in [1.807, 2.05) is 30.1 Å². The molecule has 1 aliphatic heterocycles. The smallest absolute Gasteiger partial charge is 0.255 e. The van der Waals surface area contributed by atoms with E-state index in [2.05, 4.69) is 16.4 Å². The molecule has 0 radical (unpaired) electrons. The minimum atomic E-state index is 0.0810. The summed E-state index contributed by atoms with van der Waals surface area (Å²) in [5, 5.41) is 4.28. The van der Waals surface area contributed by atoms with Gasteiger partial charge in [0.15, 0.2) is 0 Å². The summed E-state index contributed by atoms with van der Waals surface area (Å²) in [5.74, 6) is 0.828. The average molecular weight is 444 g/mol. The van der Waals surface area contributed by atoms with E-state index in [1.165, 1.54) is 35.3 Å². The van der Waals surface area contributed by atoms with Crippen molar-refractivity contribution < 1.29 is 4.79 Å². The number of aromatic nitrogens is 1. The van der Waals surface area contributed by atoms with Gasteiger partial charge >= 0.3 is 0 Å². The lowest BCUT2D eigenvalue weighted by atomic mass is 9.94. The summed E-state index contributed by atoms with van der Waals surface area (Å²) in [4.78, 5) is 20.5. The van der Waals surface area contributed by atoms with Crippen LogP contribution in [0.2, 0.25) is 5.02 Å². The van der Waals surface area contributed by atoms with Gasteiger partial charge in [0.25, 0.3) is 5.91 Å². The quantitative estimate of drug-likeness (QED) is 0.651. The number of carbonyl (C=O) groups excluding carboxylic acids is 1. The van der Waals surface area contributed by atoms with E-state index in [0.717, 1.165) is 55.2 Å². The zero-order chi connectivity index (χ0) is 20.9. The van der Waals surface area contributed by atoms with Gasteiger partial charge in [0.2, 0.25) is 0 Å². The summed E-state index contributed by atoms with van der Waals surface area (Å²) in [6.45, 7) is 2.01. The van der Waals surface area contributed by atoms with Crippen LogP contribution in [0.25, 0.3) is 0 Å². The highest BCUT2D eigenvalue weighted by Crippen LogP contribution is 2.35. The van der Waals surface area contributed by atoms with Gasteiger partial charge in [-0.25, -0.2) is 0 Å². The Morgan fingerprint density at radius 1 is 1.17 bits per heavy atom. The first-order chi connectivity index (χ1) is 14.6. The Kier molecular flexibility index (Phi) is 7.34. The maximum Gasteiger partial charge on any atom is 0.255 e. The van der Waals surface area contributed by atoms with E-state index in [1.54, 1.807) is 18.0 Å². The minimum Gasteiger partial charge on any atom is -0.339 e. The SMILES string of the molecule is CN(C(=O)c1ccc(CSc2c(Cl)ccc3c2CCNCC3)nc1)C1CCCCC1. The number of amides is 1. The van der Waals surface area contributed by atoms with Gasteiger partial charge in [0.1, 0.15) is 0 Å². The van der Waals surface area contributed by atoms with Crippen LogP contribution in [0.5, 0.6) is 0 Å². The van der Waals surface area contributed by atoms with Gasteiger partial charge in [-0.1, -0.05) is 36.9 Å². The van der Waals surface area contributed by atoms with E-state index < -0.39 is 0 Å². The first-order valence-corrected chi connectivity index (χ1v) is 12.4. The summed E-state index contributed by atoms with van der Waals surface area (Å²) in [5.41, 5.74) is 4.41. The number of rotatable bonds is 5. The summed E-state index contributed by atoms with van der Waals surface area (Å²) in [6.07, 6.45) is 9.74. The molecule has 1 saturated carbocycles. The molecule has 4 rings (SSSR count). The van der Waals surface area contributed by atoms with Gasteiger partial charge in [-0.2, -0.15) is 0 Å². The molecule has 0 bridgehead atoms. The van der Waals surface area contributed by atoms with Crippen molar-refractivity contribution in [2.75, 3.05) is 20.1 Å². The van der Waals surface area contributed by atoms with Crippen molar-refractivity contribution in [3.63, 3.8) is 0 Å². The average Bonchev–Trinajstić information content (AvgIpc) is 3.04. The first-order valence-electron chi connectivity index (χ1n) is 11.0. The molecule has 2 heterocycles. The van der Waals surface area contributed by atoms with Crippen LogP contribution in [-0.4, -0.2) is 42.0 Å². The summed E-state index contributed by atoms with van der Waals surface area (Å²) in [7, 11) is 1.93. The number of nitrogens with zero attached hydrogens (tertiary/aromatic N) is 2. The van der Waals surface area contributed by atoms with Gasteiger partial charge in [-0.05, 0) is 68.1 Å². The highest BCUT2D eigenvalue weighted by molar-refractivity contribution is 7.98. The molecular weight excluding hydrogens is 414 g/mol. The molecule has 2 aromatic rings. The number of hydrogen-bond acceptors (Lipinski definition) is 4. The Bertz CT molecular complexity index is 881. The Hall–Kier alpha value is -1.56. The number of halogens is 1. The Balaban J connectivity index is 1.41. The summed E-state index contributed by atoms with van der Waals surface area (Å²) < 4.78 is 0. The third kappa shape index (κ3) is 5.01. The molecule has 2 aliphatic rings. The maximum atomic E-state index is 12.8. The van der Waals surface area contributed by atoms with Gasteiger partial charge < -0.3 is 10.2 Å². The van der Waals surface area contributed by atoms with Gasteiger partial charge in [0, 0.05) is 29.9 Å². The maximum absolute atomic E-state index is 12.8. The number of carbonyl (C=O) groups is 1. The summed E-state index contributed by atoms with van der Waals surface area (Å²) in [6, 6.07) is 8.44. The van der Waals surface area contributed by atoms with Crippen LogP contribution in [-0.2, 0) is 18.6 Å². The van der Waals surface area contributed by atoms with Crippen LogP contribution in [0.4, 0.5) is 0 Å². The van der Waals surface area contributed by atoms with Crippen molar-refractivity contribution in [2.45, 2.75) is 61.6 Å². The van der Waals surface area contributed by atoms with E-state index >= 15 is 0 Å². The van der Waals surface area contributed by atoms with Crippen molar-refractivity contribution in [2.24, 2.45) is 0 Å². The normalized spacial score (nSPS) is 17.3. The van der Waals surface area contributed by atoms with E-state index in [0.29, 0.717) is 11.6 Å². The van der Waals surface area contributed by atoms with E-state index in [9.17, 15) is 4.79 Å². The van der Waals surface area contributed by atoms with E-state index in [-0.39, 0.29) is 5.91 Å². The Morgan fingerprint density at radius 2 is 1.97 bits per heavy atom. The third-order valence-corrected chi connectivity index (χ3v) is 7.93. The standard InChI is InChI=1S/C24H30ClN3OS/c1-28(20-5-3-2-4-6-20)24(29)18-7-9-19(27-15-18)16-30-23-21-12-14-26-13-11-17(21)8-10-22(23)25/h7-10,15,20,26H,2-6,11-14,16H2,1H3. The van der Waals surface area contributed by atoms with Crippen LogP contribution < -0.4 is 5.32 Å². The summed E-state index contributed by atoms with van der Waals surface area (Å²) >= 11 is 8.29. The second-order valence-corrected chi connectivity index (χ2v) is 9.69. The lowest BCUT2D eigenvalue weighted by molar-refractivity contribution is 0.0696. The number of benzene rings is 1. The minimum absolute atomic E-state index is 0.0810. The monoisotopic (exact) mass is 443 g/mol. The zero-order valence-corrected chi connectivity index (χ0v) is 19.2. The fraction of sp³-hybridized carbons (Fsp3) is 0.500. The lowest BCUT2D eigenvalue weighted by Gasteiger charge is -2.31. The predicted molar refractivity (Wildman–Crippen MR) is 124 cm³/mol. The van der Waals surface area contributed by atoms with Crippen LogP contribution in [0, 0.1) is 0 Å². The second-order valence-electron chi connectivity index (χ2n) is 8.30. The highest BCUT2D eigenvalue weighted by atomic mass is 35.5. The Morgan fingerprint density at radius 3 is 2.73 bits per heavy atom. The molecule has 1 N–H and O–H groups in total. The van der Waals surface area contributed by atoms with Crippen LogP contribution in [0.15, 0.2) is 35.4 Å². The van der Waals surface area contributed by atoms with Crippen molar-refractivity contribution in [3.05, 3.63) is 57.9 Å². The fourth-order valence-corrected chi connectivity index (χ4v) is 5.90. The van der Waals surface area contributed by atoms with E-state index in [4.69, 9.17) is 11.6 Å². The number of hydrogen-bond donors (Lipinski definition) is 1. The molecule has 30 heavy (non-hydrogen) atoms. The number of pyridine rings is 1. The topological polar surface area (TPSA) is 45.2 Å². The molecule has 1 amide bonds. The molecule has 6 heteroatoms. The third-order valence-electron chi connectivity index (χ3n) is 6.31. The zero-order valence-electron chi connectivity index (χ0n) is 17.6.